The quantitative estimate of drug-likeness (QED) is 0.249. The van der Waals surface area contributed by atoms with Gasteiger partial charge in [0.15, 0.2) is 5.70 Å². The van der Waals surface area contributed by atoms with Gasteiger partial charge in [-0.05, 0) is 74.5 Å². The van der Waals surface area contributed by atoms with Crippen LogP contribution in [-0.4, -0.2) is 25.2 Å². The molecule has 3 N–H and O–H groups in total. The minimum Gasteiger partial charge on any atom is -0.462 e. The summed E-state index contributed by atoms with van der Waals surface area (Å²) in [6.07, 6.45) is 10.2. The second kappa shape index (κ2) is 16.5. The molecule has 4 rings (SSSR count). The summed E-state index contributed by atoms with van der Waals surface area (Å²) in [5, 5.41) is 3.25. The highest BCUT2D eigenvalue weighted by Gasteiger charge is 2.05. The van der Waals surface area contributed by atoms with Crippen molar-refractivity contribution in [2.24, 2.45) is 5.73 Å². The Morgan fingerprint density at radius 2 is 1.30 bits per heavy atom. The Balaban J connectivity index is 0.000000217. The Morgan fingerprint density at radius 3 is 1.73 bits per heavy atom. The lowest BCUT2D eigenvalue weighted by Crippen LogP contribution is -2.04. The summed E-state index contributed by atoms with van der Waals surface area (Å²) in [5.41, 5.74) is 9.10. The van der Waals surface area contributed by atoms with Gasteiger partial charge in [0.05, 0.1) is 42.6 Å². The van der Waals surface area contributed by atoms with Crippen LogP contribution in [0.3, 0.4) is 0 Å². The molecule has 0 saturated heterocycles. The van der Waals surface area contributed by atoms with Gasteiger partial charge in [0.2, 0.25) is 0 Å². The molecule has 3 aromatic rings. The second-order valence-corrected chi connectivity index (χ2v) is 8.25. The zero-order valence-corrected chi connectivity index (χ0v) is 22.4. The van der Waals surface area contributed by atoms with Gasteiger partial charge in [0.1, 0.15) is 6.08 Å². The molecule has 3 aromatic carbocycles. The van der Waals surface area contributed by atoms with Crippen molar-refractivity contribution in [3.8, 4) is 0 Å². The smallest absolute Gasteiger partial charge is 0.338 e. The summed E-state index contributed by atoms with van der Waals surface area (Å²) < 4.78 is 10.7. The first kappa shape index (κ1) is 29.0. The van der Waals surface area contributed by atoms with Crippen LogP contribution in [0, 0.1) is 6.08 Å². The molecule has 1 aliphatic carbocycles. The van der Waals surface area contributed by atoms with Crippen molar-refractivity contribution in [2.45, 2.75) is 13.8 Å². The molecule has 1 aliphatic rings. The fourth-order valence-electron chi connectivity index (χ4n) is 2.80. The van der Waals surface area contributed by atoms with E-state index in [4.69, 9.17) is 15.2 Å². The number of hydrogen-bond acceptors (Lipinski definition) is 6. The molecule has 0 radical (unpaired) electrons. The number of carbonyl (C=O) groups excluding carboxylic acids is 2. The van der Waals surface area contributed by atoms with E-state index in [1.165, 1.54) is 0 Å². The lowest BCUT2D eigenvalue weighted by molar-refractivity contribution is 0.0517. The van der Waals surface area contributed by atoms with Gasteiger partial charge in [-0.2, -0.15) is 0 Å². The maximum atomic E-state index is 11.5. The molecule has 37 heavy (non-hydrogen) atoms. The topological polar surface area (TPSA) is 90.6 Å². The highest BCUT2D eigenvalue weighted by molar-refractivity contribution is 9.10. The van der Waals surface area contributed by atoms with E-state index in [2.05, 4.69) is 27.3 Å². The van der Waals surface area contributed by atoms with Crippen LogP contribution in [-0.2, 0) is 9.47 Å². The number of para-hydroxylation sites is 1. The van der Waals surface area contributed by atoms with Crippen LogP contribution in [0.5, 0.6) is 0 Å². The Hall–Kier alpha value is -4.19. The number of nitrogens with two attached hydrogens (primary N) is 1. The predicted molar refractivity (Wildman–Crippen MR) is 151 cm³/mol. The van der Waals surface area contributed by atoms with E-state index in [1.54, 1.807) is 50.3 Å². The highest BCUT2D eigenvalue weighted by atomic mass is 79.9. The lowest BCUT2D eigenvalue weighted by atomic mass is 10.2. The van der Waals surface area contributed by atoms with Gasteiger partial charge in [-0.1, -0.05) is 34.1 Å². The third kappa shape index (κ3) is 11.4. The number of rotatable bonds is 6. The summed E-state index contributed by atoms with van der Waals surface area (Å²) in [4.78, 5) is 22.6. The van der Waals surface area contributed by atoms with E-state index >= 15 is 0 Å². The largest absolute Gasteiger partial charge is 0.462 e. The van der Waals surface area contributed by atoms with Crippen molar-refractivity contribution in [1.82, 2.24) is 0 Å². The fourth-order valence-corrected chi connectivity index (χ4v) is 3.06. The maximum Gasteiger partial charge on any atom is 0.338 e. The van der Waals surface area contributed by atoms with Crippen molar-refractivity contribution in [3.63, 3.8) is 0 Å². The average molecular weight is 562 g/mol. The van der Waals surface area contributed by atoms with E-state index < -0.39 is 0 Å². The highest BCUT2D eigenvalue weighted by Crippen LogP contribution is 2.17. The Kier molecular flexibility index (Phi) is 12.9. The number of hydrogen-bond donors (Lipinski definition) is 2. The average Bonchev–Trinajstić information content (AvgIpc) is 2.92. The Bertz CT molecular complexity index is 1200. The zero-order valence-electron chi connectivity index (χ0n) is 20.8. The number of ether oxygens (including phenoxy) is 2. The number of esters is 2. The number of anilines is 2. The number of allylic oxidation sites excluding steroid dienone is 5. The van der Waals surface area contributed by atoms with Gasteiger partial charge < -0.3 is 20.5 Å². The van der Waals surface area contributed by atoms with Crippen molar-refractivity contribution in [2.75, 3.05) is 18.5 Å². The van der Waals surface area contributed by atoms with Gasteiger partial charge in [0, 0.05) is 21.9 Å². The molecular formula is C30H30BrN2O4+. The molecule has 190 valence electrons. The normalized spacial score (nSPS) is 10.8. The number of halogens is 1. The van der Waals surface area contributed by atoms with Crippen molar-refractivity contribution in [1.29, 1.82) is 0 Å². The lowest BCUT2D eigenvalue weighted by Gasteiger charge is -2.07. The van der Waals surface area contributed by atoms with E-state index in [0.29, 0.717) is 30.0 Å². The van der Waals surface area contributed by atoms with Crippen molar-refractivity contribution < 1.29 is 19.1 Å². The molecule has 0 atom stereocenters. The number of carbonyl (C=O) groups is 2. The fraction of sp³-hybridized carbons (Fsp3) is 0.133. The maximum absolute atomic E-state index is 11.5. The van der Waals surface area contributed by atoms with Crippen LogP contribution in [0.25, 0.3) is 0 Å². The molecule has 0 heterocycles. The summed E-state index contributed by atoms with van der Waals surface area (Å²) in [6, 6.07) is 24.2. The first-order valence-electron chi connectivity index (χ1n) is 11.7. The summed E-state index contributed by atoms with van der Waals surface area (Å²) in [5.74, 6) is -0.561. The molecule has 0 saturated carbocycles. The Labute approximate surface area is 226 Å². The zero-order chi connectivity index (χ0) is 26.9. The van der Waals surface area contributed by atoms with Gasteiger partial charge in [-0.15, -0.1) is 0 Å². The van der Waals surface area contributed by atoms with Crippen LogP contribution in [0.1, 0.15) is 34.6 Å². The first-order valence-corrected chi connectivity index (χ1v) is 12.5. The van der Waals surface area contributed by atoms with Crippen LogP contribution >= 0.6 is 15.9 Å². The van der Waals surface area contributed by atoms with Crippen LogP contribution in [0.2, 0.25) is 0 Å². The molecule has 0 unspecified atom stereocenters. The van der Waals surface area contributed by atoms with Gasteiger partial charge in [0.25, 0.3) is 0 Å². The minimum atomic E-state index is -0.288. The van der Waals surface area contributed by atoms with E-state index in [-0.39, 0.29) is 11.9 Å². The molecule has 0 aromatic heterocycles. The van der Waals surface area contributed by atoms with Crippen molar-refractivity contribution in [3.05, 3.63) is 131 Å². The first-order chi connectivity index (χ1) is 17.9. The van der Waals surface area contributed by atoms with Crippen LogP contribution in [0.4, 0.5) is 11.4 Å². The van der Waals surface area contributed by atoms with Crippen LogP contribution in [0.15, 0.2) is 113 Å². The Morgan fingerprint density at radius 1 is 0.784 bits per heavy atom. The van der Waals surface area contributed by atoms with Gasteiger partial charge >= 0.3 is 11.9 Å². The predicted octanol–water partition coefficient (Wildman–Crippen LogP) is 6.99. The molecule has 0 amide bonds. The summed E-state index contributed by atoms with van der Waals surface area (Å²) in [7, 11) is 0. The van der Waals surface area contributed by atoms with E-state index in [0.717, 1.165) is 15.8 Å². The molecular weight excluding hydrogens is 532 g/mol. The standard InChI is InChI=1S/C15H15NO2.C9H9BrO2.C6H6N/c1-2-18-15(17)12-8-10-14(11-9-12)16-13-6-4-3-5-7-13;1-2-12-9(11)7-3-5-8(10)6-4-7;7-6-4-2-1-3-5-6/h3-11,16H,2H2,1H3;3-6H,2H2,1H3;1-4H,7H2/q;;+1. The van der Waals surface area contributed by atoms with E-state index in [9.17, 15) is 9.59 Å². The summed E-state index contributed by atoms with van der Waals surface area (Å²) >= 11 is 3.28. The molecule has 0 aliphatic heterocycles. The number of benzene rings is 3. The minimum absolute atomic E-state index is 0.273. The molecule has 0 bridgehead atoms. The second-order valence-electron chi connectivity index (χ2n) is 7.33. The third-order valence-electron chi connectivity index (χ3n) is 4.55. The number of nitrogens with one attached hydrogen (secondary N) is 1. The van der Waals surface area contributed by atoms with Crippen molar-refractivity contribution >= 4 is 39.2 Å². The molecule has 6 nitrogen and oxygen atoms in total. The molecule has 7 heteroatoms. The van der Waals surface area contributed by atoms with Crippen LogP contribution < -0.4 is 11.1 Å². The SMILES string of the molecule is CCOC(=O)c1ccc(Br)cc1.CCOC(=O)c1ccc(Nc2ccccc2)cc1.NC1=CC=CC=[C+]1. The van der Waals surface area contributed by atoms with Gasteiger partial charge in [-0.3, -0.25) is 0 Å². The molecule has 0 fully saturated rings. The van der Waals surface area contributed by atoms with E-state index in [1.807, 2.05) is 66.7 Å². The monoisotopic (exact) mass is 561 g/mol. The molecule has 0 spiro atoms. The van der Waals surface area contributed by atoms with Gasteiger partial charge in [-0.25, -0.2) is 9.59 Å². The summed E-state index contributed by atoms with van der Waals surface area (Å²) in [6.45, 7) is 4.39. The third-order valence-corrected chi connectivity index (χ3v) is 5.08.